The molecular formula is C18H27NO3. The molecule has 4 nitrogen and oxygen atoms in total. The van der Waals surface area contributed by atoms with Crippen LogP contribution in [0.4, 0.5) is 0 Å². The molecule has 1 saturated carbocycles. The van der Waals surface area contributed by atoms with E-state index in [1.54, 1.807) is 0 Å². The number of hydrogen-bond donors (Lipinski definition) is 2. The molecule has 1 fully saturated rings. The number of carbonyl (C=O) groups excluding carboxylic acids is 1. The van der Waals surface area contributed by atoms with Gasteiger partial charge in [-0.1, -0.05) is 12.1 Å². The van der Waals surface area contributed by atoms with Gasteiger partial charge in [-0.05, 0) is 63.1 Å². The number of nitrogens with one attached hydrogen (secondary N) is 1. The number of benzene rings is 1. The highest BCUT2D eigenvalue weighted by molar-refractivity contribution is 5.75. The Kier molecular flexibility index (Phi) is 5.83. The van der Waals surface area contributed by atoms with Crippen LogP contribution in [0, 0.1) is 13.8 Å². The van der Waals surface area contributed by atoms with Crippen molar-refractivity contribution in [2.45, 2.75) is 58.0 Å². The van der Waals surface area contributed by atoms with Crippen molar-refractivity contribution in [3.63, 3.8) is 0 Å². The van der Waals surface area contributed by atoms with Crippen molar-refractivity contribution in [1.82, 2.24) is 5.32 Å². The van der Waals surface area contributed by atoms with Gasteiger partial charge in [-0.15, -0.1) is 0 Å². The number of aliphatic hydroxyl groups is 1. The van der Waals surface area contributed by atoms with E-state index in [-0.39, 0.29) is 5.91 Å². The molecule has 0 aliphatic heterocycles. The Balaban J connectivity index is 1.57. The predicted octanol–water partition coefficient (Wildman–Crippen LogP) is 2.88. The average Bonchev–Trinajstić information content (AvgIpc) is 2.46. The summed E-state index contributed by atoms with van der Waals surface area (Å²) in [5, 5.41) is 12.7. The maximum absolute atomic E-state index is 11.7. The molecule has 0 spiro atoms. The van der Waals surface area contributed by atoms with E-state index in [2.05, 4.69) is 17.4 Å². The molecule has 1 aromatic rings. The highest BCUT2D eigenvalue weighted by atomic mass is 16.5. The summed E-state index contributed by atoms with van der Waals surface area (Å²) in [7, 11) is 0. The fraction of sp³-hybridized carbons (Fsp3) is 0.611. The van der Waals surface area contributed by atoms with Crippen molar-refractivity contribution in [2.75, 3.05) is 13.2 Å². The van der Waals surface area contributed by atoms with Gasteiger partial charge in [0.25, 0.3) is 0 Å². The van der Waals surface area contributed by atoms with Gasteiger partial charge in [-0.25, -0.2) is 0 Å². The lowest BCUT2D eigenvalue weighted by Gasteiger charge is -2.36. The first-order chi connectivity index (χ1) is 10.5. The molecule has 1 amide bonds. The second kappa shape index (κ2) is 7.63. The largest absolute Gasteiger partial charge is 0.493 e. The van der Waals surface area contributed by atoms with Crippen LogP contribution in [0.2, 0.25) is 0 Å². The molecule has 122 valence electrons. The van der Waals surface area contributed by atoms with Crippen molar-refractivity contribution in [1.29, 1.82) is 0 Å². The van der Waals surface area contributed by atoms with Crippen molar-refractivity contribution in [2.24, 2.45) is 0 Å². The SMILES string of the molecule is Cc1ccc(C)c(OCCCCC(=O)NCC2(O)CCC2)c1. The third kappa shape index (κ3) is 5.02. The molecule has 2 N–H and O–H groups in total. The smallest absolute Gasteiger partial charge is 0.220 e. The van der Waals surface area contributed by atoms with E-state index in [0.717, 1.165) is 43.4 Å². The maximum atomic E-state index is 11.7. The summed E-state index contributed by atoms with van der Waals surface area (Å²) in [6.45, 7) is 5.10. The van der Waals surface area contributed by atoms with E-state index in [1.807, 2.05) is 19.9 Å². The summed E-state index contributed by atoms with van der Waals surface area (Å²) in [5.41, 5.74) is 1.69. The third-order valence-corrected chi connectivity index (χ3v) is 4.30. The van der Waals surface area contributed by atoms with Crippen LogP contribution >= 0.6 is 0 Å². The molecule has 22 heavy (non-hydrogen) atoms. The second-order valence-electron chi connectivity index (χ2n) is 6.43. The van der Waals surface area contributed by atoms with Crippen molar-refractivity contribution >= 4 is 5.91 Å². The molecule has 1 aromatic carbocycles. The Bertz CT molecular complexity index is 509. The van der Waals surface area contributed by atoms with E-state index in [0.29, 0.717) is 19.6 Å². The highest BCUT2D eigenvalue weighted by Gasteiger charge is 2.34. The van der Waals surface area contributed by atoms with Gasteiger partial charge >= 0.3 is 0 Å². The predicted molar refractivity (Wildman–Crippen MR) is 87.1 cm³/mol. The standard InChI is InChI=1S/C18H27NO3/c1-14-7-8-15(2)16(12-14)22-11-4-3-6-17(20)19-13-18(21)9-5-10-18/h7-8,12,21H,3-6,9-11,13H2,1-2H3,(H,19,20). The van der Waals surface area contributed by atoms with Crippen LogP contribution in [-0.4, -0.2) is 29.8 Å². The molecule has 2 rings (SSSR count). The molecular weight excluding hydrogens is 278 g/mol. The molecule has 0 aromatic heterocycles. The van der Waals surface area contributed by atoms with Crippen LogP contribution in [0.3, 0.4) is 0 Å². The number of rotatable bonds is 8. The summed E-state index contributed by atoms with van der Waals surface area (Å²) >= 11 is 0. The summed E-state index contributed by atoms with van der Waals surface area (Å²) in [6, 6.07) is 6.17. The lowest BCUT2D eigenvalue weighted by Crippen LogP contribution is -2.47. The normalized spacial score (nSPS) is 16.0. The number of amides is 1. The molecule has 0 unspecified atom stereocenters. The molecule has 0 heterocycles. The average molecular weight is 305 g/mol. The third-order valence-electron chi connectivity index (χ3n) is 4.30. The van der Waals surface area contributed by atoms with Crippen LogP contribution in [0.5, 0.6) is 5.75 Å². The van der Waals surface area contributed by atoms with Crippen LogP contribution in [0.25, 0.3) is 0 Å². The molecule has 0 atom stereocenters. The quantitative estimate of drug-likeness (QED) is 0.726. The number of aryl methyl sites for hydroxylation is 2. The number of ether oxygens (including phenoxy) is 1. The minimum Gasteiger partial charge on any atom is -0.493 e. The van der Waals surface area contributed by atoms with Crippen LogP contribution in [-0.2, 0) is 4.79 Å². The summed E-state index contributed by atoms with van der Waals surface area (Å²) in [4.78, 5) is 11.7. The summed E-state index contributed by atoms with van der Waals surface area (Å²) in [6.07, 6.45) is 4.81. The molecule has 0 bridgehead atoms. The van der Waals surface area contributed by atoms with Gasteiger partial charge < -0.3 is 15.2 Å². The highest BCUT2D eigenvalue weighted by Crippen LogP contribution is 2.30. The molecule has 0 saturated heterocycles. The van der Waals surface area contributed by atoms with Crippen molar-refractivity contribution in [3.05, 3.63) is 29.3 Å². The fourth-order valence-electron chi connectivity index (χ4n) is 2.55. The topological polar surface area (TPSA) is 58.6 Å². The van der Waals surface area contributed by atoms with Crippen molar-refractivity contribution < 1.29 is 14.6 Å². The van der Waals surface area contributed by atoms with Gasteiger partial charge in [0, 0.05) is 13.0 Å². The Labute approximate surface area is 132 Å². The van der Waals surface area contributed by atoms with Gasteiger partial charge in [-0.3, -0.25) is 4.79 Å². The van der Waals surface area contributed by atoms with E-state index in [4.69, 9.17) is 4.74 Å². The minimum absolute atomic E-state index is 0.0204. The summed E-state index contributed by atoms with van der Waals surface area (Å²) < 4.78 is 5.77. The Hall–Kier alpha value is -1.55. The van der Waals surface area contributed by atoms with Gasteiger partial charge in [0.05, 0.1) is 12.2 Å². The maximum Gasteiger partial charge on any atom is 0.220 e. The van der Waals surface area contributed by atoms with Crippen LogP contribution in [0.1, 0.15) is 49.7 Å². The van der Waals surface area contributed by atoms with Gasteiger partial charge in [0.1, 0.15) is 5.75 Å². The number of hydrogen-bond acceptors (Lipinski definition) is 3. The molecule has 1 aliphatic carbocycles. The zero-order valence-corrected chi connectivity index (χ0v) is 13.7. The van der Waals surface area contributed by atoms with E-state index in [1.165, 1.54) is 5.56 Å². The molecule has 1 aliphatic rings. The van der Waals surface area contributed by atoms with Gasteiger partial charge in [0.2, 0.25) is 5.91 Å². The van der Waals surface area contributed by atoms with Crippen molar-refractivity contribution in [3.8, 4) is 5.75 Å². The monoisotopic (exact) mass is 305 g/mol. The van der Waals surface area contributed by atoms with E-state index < -0.39 is 5.60 Å². The van der Waals surface area contributed by atoms with Gasteiger partial charge in [0.15, 0.2) is 0 Å². The first kappa shape index (κ1) is 16.8. The van der Waals surface area contributed by atoms with Gasteiger partial charge in [-0.2, -0.15) is 0 Å². The Morgan fingerprint density at radius 3 is 2.77 bits per heavy atom. The lowest BCUT2D eigenvalue weighted by molar-refractivity contribution is -0.123. The summed E-state index contributed by atoms with van der Waals surface area (Å²) in [5.74, 6) is 0.948. The number of unbranched alkanes of at least 4 members (excludes halogenated alkanes) is 1. The first-order valence-electron chi connectivity index (χ1n) is 8.18. The zero-order valence-electron chi connectivity index (χ0n) is 13.7. The second-order valence-corrected chi connectivity index (χ2v) is 6.43. The van der Waals surface area contributed by atoms with Crippen LogP contribution < -0.4 is 10.1 Å². The Morgan fingerprint density at radius 1 is 1.32 bits per heavy atom. The van der Waals surface area contributed by atoms with Crippen LogP contribution in [0.15, 0.2) is 18.2 Å². The molecule has 4 heteroatoms. The minimum atomic E-state index is -0.637. The number of carbonyl (C=O) groups is 1. The molecule has 0 radical (unpaired) electrons. The zero-order chi connectivity index (χ0) is 16.0. The van der Waals surface area contributed by atoms with E-state index >= 15 is 0 Å². The lowest BCUT2D eigenvalue weighted by atomic mass is 9.80. The fourth-order valence-corrected chi connectivity index (χ4v) is 2.55. The van der Waals surface area contributed by atoms with E-state index in [9.17, 15) is 9.90 Å². The Morgan fingerprint density at radius 2 is 2.09 bits per heavy atom. The first-order valence-corrected chi connectivity index (χ1v) is 8.18.